The standard InChI is InChI=1S/C28H22N2O6/c31-27(32)25(15-18-14-13-17-7-1-2-8-19(17)26(18)30(34)35)29-28(33)36-16-24-22-11-5-3-9-20(22)21-10-4-6-12-23(21)24/h1-14,24-25H,15-16H2,(H,29,33)(H,31,32). The van der Waals surface area contributed by atoms with Crippen molar-refractivity contribution in [3.05, 3.63) is 112 Å². The third kappa shape index (κ3) is 4.24. The number of nitrogens with zero attached hydrogens (tertiary/aromatic N) is 1. The van der Waals surface area contributed by atoms with Gasteiger partial charge in [-0.05, 0) is 33.7 Å². The summed E-state index contributed by atoms with van der Waals surface area (Å²) < 4.78 is 5.46. The van der Waals surface area contributed by atoms with Gasteiger partial charge in [-0.15, -0.1) is 0 Å². The van der Waals surface area contributed by atoms with Crippen LogP contribution in [0.4, 0.5) is 10.5 Å². The Morgan fingerprint density at radius 3 is 2.17 bits per heavy atom. The molecule has 0 bridgehead atoms. The molecule has 0 saturated carbocycles. The first-order chi connectivity index (χ1) is 17.4. The van der Waals surface area contributed by atoms with Gasteiger partial charge in [0.05, 0.1) is 10.3 Å². The number of hydrogen-bond donors (Lipinski definition) is 2. The summed E-state index contributed by atoms with van der Waals surface area (Å²) in [5, 5.41) is 25.0. The van der Waals surface area contributed by atoms with Gasteiger partial charge in [-0.2, -0.15) is 0 Å². The molecule has 0 aromatic heterocycles. The second kappa shape index (κ2) is 9.50. The first-order valence-electron chi connectivity index (χ1n) is 11.4. The van der Waals surface area contributed by atoms with E-state index in [9.17, 15) is 24.8 Å². The van der Waals surface area contributed by atoms with Crippen LogP contribution in [0, 0.1) is 10.1 Å². The molecule has 1 amide bonds. The summed E-state index contributed by atoms with van der Waals surface area (Å²) >= 11 is 0. The van der Waals surface area contributed by atoms with Crippen molar-refractivity contribution in [1.29, 1.82) is 0 Å². The van der Waals surface area contributed by atoms with Crippen LogP contribution in [0.1, 0.15) is 22.6 Å². The van der Waals surface area contributed by atoms with E-state index in [1.807, 2.05) is 48.5 Å². The van der Waals surface area contributed by atoms with Crippen molar-refractivity contribution >= 4 is 28.5 Å². The normalized spacial score (nSPS) is 13.0. The van der Waals surface area contributed by atoms with E-state index in [4.69, 9.17) is 4.74 Å². The lowest BCUT2D eigenvalue weighted by molar-refractivity contribution is -0.383. The fraction of sp³-hybridized carbons (Fsp3) is 0.143. The van der Waals surface area contributed by atoms with Crippen LogP contribution in [0.2, 0.25) is 0 Å². The number of nitro benzene ring substituents is 1. The number of benzene rings is 4. The Bertz CT molecular complexity index is 1450. The van der Waals surface area contributed by atoms with Crippen LogP contribution in [-0.2, 0) is 16.0 Å². The predicted octanol–water partition coefficient (Wildman–Crippen LogP) is 5.28. The van der Waals surface area contributed by atoms with Gasteiger partial charge in [0.15, 0.2) is 0 Å². The Labute approximate surface area is 206 Å². The van der Waals surface area contributed by atoms with Crippen LogP contribution >= 0.6 is 0 Å². The molecular weight excluding hydrogens is 460 g/mol. The molecule has 2 N–H and O–H groups in total. The summed E-state index contributed by atoms with van der Waals surface area (Å²) in [5.41, 5.74) is 4.27. The highest BCUT2D eigenvalue weighted by Crippen LogP contribution is 2.44. The van der Waals surface area contributed by atoms with Gasteiger partial charge < -0.3 is 15.2 Å². The molecule has 5 rings (SSSR count). The maximum atomic E-state index is 12.6. The molecule has 1 atom stereocenters. The van der Waals surface area contributed by atoms with E-state index < -0.39 is 23.0 Å². The van der Waals surface area contributed by atoms with Gasteiger partial charge in [-0.25, -0.2) is 9.59 Å². The third-order valence-corrected chi connectivity index (χ3v) is 6.52. The van der Waals surface area contributed by atoms with E-state index in [0.29, 0.717) is 10.8 Å². The number of rotatable bonds is 7. The molecule has 0 aliphatic heterocycles. The zero-order chi connectivity index (χ0) is 25.2. The molecule has 1 aliphatic carbocycles. The van der Waals surface area contributed by atoms with Crippen LogP contribution in [0.25, 0.3) is 21.9 Å². The van der Waals surface area contributed by atoms with Gasteiger partial charge in [0.1, 0.15) is 12.6 Å². The first-order valence-corrected chi connectivity index (χ1v) is 11.4. The third-order valence-electron chi connectivity index (χ3n) is 6.52. The molecule has 1 unspecified atom stereocenters. The SMILES string of the molecule is O=C(NC(Cc1ccc2ccccc2c1[N+](=O)[O-])C(=O)O)OCC1c2ccccc2-c2ccccc21. The summed E-state index contributed by atoms with van der Waals surface area (Å²) in [6.45, 7) is 0.0301. The number of nitrogens with one attached hydrogen (secondary N) is 1. The molecule has 0 spiro atoms. The quantitative estimate of drug-likeness (QED) is 0.273. The Hall–Kier alpha value is -4.72. The topological polar surface area (TPSA) is 119 Å². The van der Waals surface area contributed by atoms with E-state index in [2.05, 4.69) is 5.32 Å². The Morgan fingerprint density at radius 1 is 0.917 bits per heavy atom. The Morgan fingerprint density at radius 2 is 1.53 bits per heavy atom. The van der Waals surface area contributed by atoms with Crippen molar-refractivity contribution in [2.45, 2.75) is 18.4 Å². The molecule has 8 heteroatoms. The van der Waals surface area contributed by atoms with Crippen molar-refractivity contribution in [3.63, 3.8) is 0 Å². The van der Waals surface area contributed by atoms with E-state index in [0.717, 1.165) is 22.3 Å². The van der Waals surface area contributed by atoms with E-state index in [1.54, 1.807) is 30.3 Å². The lowest BCUT2D eigenvalue weighted by Gasteiger charge is -2.18. The fourth-order valence-corrected chi connectivity index (χ4v) is 4.88. The van der Waals surface area contributed by atoms with Gasteiger partial charge in [-0.1, -0.05) is 78.9 Å². The van der Waals surface area contributed by atoms with Crippen LogP contribution in [0.5, 0.6) is 0 Å². The number of amides is 1. The largest absolute Gasteiger partial charge is 0.480 e. The Balaban J connectivity index is 1.32. The molecule has 0 heterocycles. The maximum absolute atomic E-state index is 12.6. The van der Waals surface area contributed by atoms with Crippen LogP contribution in [0.15, 0.2) is 84.9 Å². The highest BCUT2D eigenvalue weighted by atomic mass is 16.6. The number of carbonyl (C=O) groups excluding carboxylic acids is 1. The number of nitro groups is 1. The van der Waals surface area contributed by atoms with Gasteiger partial charge in [-0.3, -0.25) is 10.1 Å². The van der Waals surface area contributed by atoms with E-state index in [-0.39, 0.29) is 30.2 Å². The number of carboxylic acids is 1. The molecule has 0 radical (unpaired) electrons. The number of ether oxygens (including phenoxy) is 1. The fourth-order valence-electron chi connectivity index (χ4n) is 4.88. The number of carbonyl (C=O) groups is 2. The molecule has 1 aliphatic rings. The summed E-state index contributed by atoms with van der Waals surface area (Å²) in [4.78, 5) is 35.8. The number of aliphatic carboxylic acids is 1. The average molecular weight is 482 g/mol. The second-order valence-electron chi connectivity index (χ2n) is 8.62. The van der Waals surface area contributed by atoms with Crippen molar-refractivity contribution in [1.82, 2.24) is 5.32 Å². The second-order valence-corrected chi connectivity index (χ2v) is 8.62. The molecule has 4 aromatic carbocycles. The van der Waals surface area contributed by atoms with E-state index >= 15 is 0 Å². The number of hydrogen-bond acceptors (Lipinski definition) is 5. The summed E-state index contributed by atoms with van der Waals surface area (Å²) in [5.74, 6) is -1.49. The lowest BCUT2D eigenvalue weighted by Crippen LogP contribution is -2.43. The number of alkyl carbamates (subject to hydrolysis) is 1. The smallest absolute Gasteiger partial charge is 0.407 e. The highest BCUT2D eigenvalue weighted by Gasteiger charge is 2.30. The Kier molecular flexibility index (Phi) is 6.08. The van der Waals surface area contributed by atoms with Gasteiger partial charge in [0, 0.05) is 17.9 Å². The molecular formula is C28H22N2O6. The molecule has 0 saturated heterocycles. The van der Waals surface area contributed by atoms with Gasteiger partial charge in [0.2, 0.25) is 0 Å². The monoisotopic (exact) mass is 482 g/mol. The van der Waals surface area contributed by atoms with Crippen LogP contribution in [0.3, 0.4) is 0 Å². The van der Waals surface area contributed by atoms with Crippen molar-refractivity contribution in [2.75, 3.05) is 6.61 Å². The summed E-state index contributed by atoms with van der Waals surface area (Å²) in [7, 11) is 0. The first kappa shape index (κ1) is 23.0. The van der Waals surface area contributed by atoms with Crippen LogP contribution in [-0.4, -0.2) is 34.7 Å². The summed E-state index contributed by atoms with van der Waals surface area (Å²) in [6, 6.07) is 24.4. The highest BCUT2D eigenvalue weighted by molar-refractivity contribution is 5.92. The minimum Gasteiger partial charge on any atom is -0.480 e. The zero-order valence-electron chi connectivity index (χ0n) is 19.1. The van der Waals surface area contributed by atoms with Crippen molar-refractivity contribution in [3.8, 4) is 11.1 Å². The minimum atomic E-state index is -1.40. The molecule has 180 valence electrons. The molecule has 0 fully saturated rings. The molecule has 4 aromatic rings. The summed E-state index contributed by atoms with van der Waals surface area (Å²) in [6.07, 6.45) is -1.16. The van der Waals surface area contributed by atoms with Crippen LogP contribution < -0.4 is 5.32 Å². The lowest BCUT2D eigenvalue weighted by atomic mass is 9.98. The van der Waals surface area contributed by atoms with Crippen molar-refractivity contribution in [2.24, 2.45) is 0 Å². The van der Waals surface area contributed by atoms with Gasteiger partial charge in [0.25, 0.3) is 5.69 Å². The zero-order valence-corrected chi connectivity index (χ0v) is 19.1. The van der Waals surface area contributed by atoms with Crippen molar-refractivity contribution < 1.29 is 24.4 Å². The molecule has 8 nitrogen and oxygen atoms in total. The minimum absolute atomic E-state index is 0.0301. The number of fused-ring (bicyclic) bond motifs is 4. The number of carboxylic acid groups (broad SMARTS) is 1. The average Bonchev–Trinajstić information content (AvgIpc) is 3.20. The molecule has 36 heavy (non-hydrogen) atoms. The maximum Gasteiger partial charge on any atom is 0.407 e. The predicted molar refractivity (Wildman–Crippen MR) is 134 cm³/mol. The van der Waals surface area contributed by atoms with E-state index in [1.165, 1.54) is 6.07 Å². The van der Waals surface area contributed by atoms with Gasteiger partial charge >= 0.3 is 12.1 Å².